The molecule has 36 heavy (non-hydrogen) atoms. The molecule has 4 rings (SSSR count). The lowest BCUT2D eigenvalue weighted by Crippen LogP contribution is -2.51. The summed E-state index contributed by atoms with van der Waals surface area (Å²) in [6.07, 6.45) is 0. The van der Waals surface area contributed by atoms with Crippen molar-refractivity contribution in [3.8, 4) is 0 Å². The highest BCUT2D eigenvalue weighted by Crippen LogP contribution is 2.45. The van der Waals surface area contributed by atoms with Crippen LogP contribution in [-0.4, -0.2) is 40.1 Å². The molecular formula is C23H9BrCl6N2O4. The van der Waals surface area contributed by atoms with Gasteiger partial charge in [-0.05, 0) is 30.3 Å². The number of amides is 3. The van der Waals surface area contributed by atoms with Crippen LogP contribution in [0.25, 0.3) is 0 Å². The highest BCUT2D eigenvalue weighted by atomic mass is 79.9. The summed E-state index contributed by atoms with van der Waals surface area (Å²) in [5, 5.41) is 0.283. The molecule has 6 nitrogen and oxygen atoms in total. The van der Waals surface area contributed by atoms with Gasteiger partial charge in [-0.3, -0.25) is 19.2 Å². The minimum Gasteiger partial charge on any atom is -0.292 e. The molecule has 13 heteroatoms. The highest BCUT2D eigenvalue weighted by Gasteiger charge is 2.46. The van der Waals surface area contributed by atoms with Crippen LogP contribution in [0.15, 0.2) is 46.9 Å². The van der Waals surface area contributed by atoms with Crippen molar-refractivity contribution < 1.29 is 19.2 Å². The van der Waals surface area contributed by atoms with Crippen molar-refractivity contribution in [2.75, 3.05) is 6.54 Å². The van der Waals surface area contributed by atoms with E-state index in [9.17, 15) is 19.2 Å². The van der Waals surface area contributed by atoms with Crippen LogP contribution in [0.1, 0.15) is 41.4 Å². The van der Waals surface area contributed by atoms with Crippen LogP contribution in [0, 0.1) is 0 Å². The monoisotopic (exact) mass is 666 g/mol. The zero-order chi connectivity index (χ0) is 26.5. The fourth-order valence-corrected chi connectivity index (χ4v) is 5.01. The molecule has 0 saturated carbocycles. The number of hydrogen-bond donors (Lipinski definition) is 0. The standard InChI is InChI=1S/C23H9BrCl6N2O4/c24-11-4-1-9(2-5-11)14(33)8-31(21(34)10-3-6-12(25)13(26)7-10)32-22(35)15-16(23(32)36)18(28)20(30)19(29)17(15)27/h1-7H,8H2. The smallest absolute Gasteiger partial charge is 0.282 e. The van der Waals surface area contributed by atoms with Gasteiger partial charge in [0.15, 0.2) is 5.78 Å². The summed E-state index contributed by atoms with van der Waals surface area (Å²) in [5.41, 5.74) is -0.505. The fourth-order valence-electron chi connectivity index (χ4n) is 3.43. The van der Waals surface area contributed by atoms with Crippen LogP contribution in [-0.2, 0) is 0 Å². The zero-order valence-corrected chi connectivity index (χ0v) is 23.5. The minimum atomic E-state index is -1.02. The average Bonchev–Trinajstić information content (AvgIpc) is 3.11. The van der Waals surface area contributed by atoms with Crippen molar-refractivity contribution in [1.29, 1.82) is 0 Å². The number of hydrogen-bond acceptors (Lipinski definition) is 4. The van der Waals surface area contributed by atoms with Gasteiger partial charge in [-0.1, -0.05) is 97.7 Å². The van der Waals surface area contributed by atoms with Crippen molar-refractivity contribution in [3.63, 3.8) is 0 Å². The Morgan fingerprint density at radius 1 is 0.722 bits per heavy atom. The first-order valence-electron chi connectivity index (χ1n) is 9.74. The summed E-state index contributed by atoms with van der Waals surface area (Å²) in [5.74, 6) is -3.49. The van der Waals surface area contributed by atoms with E-state index in [1.807, 2.05) is 0 Å². The molecule has 0 fully saturated rings. The van der Waals surface area contributed by atoms with E-state index in [4.69, 9.17) is 69.6 Å². The number of nitrogens with zero attached hydrogens (tertiary/aromatic N) is 2. The lowest BCUT2D eigenvalue weighted by molar-refractivity contribution is 0.00532. The third-order valence-electron chi connectivity index (χ3n) is 5.18. The van der Waals surface area contributed by atoms with Crippen LogP contribution in [0.2, 0.25) is 30.1 Å². The SMILES string of the molecule is O=C(CN(C(=O)c1ccc(Cl)c(Cl)c1)N1C(=O)c2c(Cl)c(Cl)c(Cl)c(Cl)c2C1=O)c1ccc(Br)cc1. The summed E-state index contributed by atoms with van der Waals surface area (Å²) < 4.78 is 0.723. The number of carbonyl (C=O) groups is 4. The molecule has 1 aliphatic heterocycles. The van der Waals surface area contributed by atoms with Crippen molar-refractivity contribution >= 4 is 109 Å². The second-order valence-electron chi connectivity index (χ2n) is 7.35. The van der Waals surface area contributed by atoms with Gasteiger partial charge in [0.05, 0.1) is 41.3 Å². The van der Waals surface area contributed by atoms with Gasteiger partial charge in [-0.15, -0.1) is 0 Å². The number of hydrazine groups is 1. The molecule has 0 N–H and O–H groups in total. The number of imide groups is 1. The summed E-state index contributed by atoms with van der Waals surface area (Å²) in [4.78, 5) is 53.5. The topological polar surface area (TPSA) is 74.8 Å². The summed E-state index contributed by atoms with van der Waals surface area (Å²) in [6, 6.07) is 10.2. The predicted molar refractivity (Wildman–Crippen MR) is 143 cm³/mol. The van der Waals surface area contributed by atoms with Gasteiger partial charge in [0.1, 0.15) is 6.54 Å². The Bertz CT molecular complexity index is 1430. The van der Waals surface area contributed by atoms with Crippen LogP contribution in [0.5, 0.6) is 0 Å². The second kappa shape index (κ2) is 10.5. The molecule has 0 bridgehead atoms. The van der Waals surface area contributed by atoms with Crippen LogP contribution in [0.4, 0.5) is 0 Å². The van der Waals surface area contributed by atoms with Gasteiger partial charge in [0.2, 0.25) is 0 Å². The van der Waals surface area contributed by atoms with E-state index in [0.717, 1.165) is 4.47 Å². The Labute approximate surface area is 242 Å². The molecular weight excluding hydrogens is 661 g/mol. The average molecular weight is 670 g/mol. The summed E-state index contributed by atoms with van der Waals surface area (Å²) >= 11 is 39.9. The van der Waals surface area contributed by atoms with Gasteiger partial charge < -0.3 is 0 Å². The number of halogens is 7. The zero-order valence-electron chi connectivity index (χ0n) is 17.4. The van der Waals surface area contributed by atoms with Gasteiger partial charge in [0.25, 0.3) is 17.7 Å². The largest absolute Gasteiger partial charge is 0.292 e. The third kappa shape index (κ3) is 4.74. The van der Waals surface area contributed by atoms with Gasteiger partial charge in [-0.2, -0.15) is 5.01 Å². The number of benzene rings is 3. The van der Waals surface area contributed by atoms with Gasteiger partial charge in [-0.25, -0.2) is 5.01 Å². The molecule has 0 aromatic heterocycles. The Kier molecular flexibility index (Phi) is 7.93. The maximum atomic E-state index is 13.6. The molecule has 184 valence electrons. The Hall–Kier alpha value is -1.84. The number of ketones is 1. The normalized spacial score (nSPS) is 12.7. The lowest BCUT2D eigenvalue weighted by Gasteiger charge is -2.29. The van der Waals surface area contributed by atoms with E-state index < -0.39 is 30.0 Å². The maximum absolute atomic E-state index is 13.6. The highest BCUT2D eigenvalue weighted by molar-refractivity contribution is 9.10. The van der Waals surface area contributed by atoms with Crippen molar-refractivity contribution in [2.24, 2.45) is 0 Å². The Morgan fingerprint density at radius 3 is 1.72 bits per heavy atom. The number of Topliss-reactive ketones (excluding diaryl/α,β-unsaturated/α-hetero) is 1. The number of rotatable bonds is 5. The van der Waals surface area contributed by atoms with Crippen molar-refractivity contribution in [3.05, 3.63) is 99.3 Å². The molecule has 0 spiro atoms. The maximum Gasteiger partial charge on any atom is 0.282 e. The first-order valence-corrected chi connectivity index (χ1v) is 12.8. The molecule has 3 aromatic carbocycles. The molecule has 0 atom stereocenters. The van der Waals surface area contributed by atoms with Crippen LogP contribution in [0.3, 0.4) is 0 Å². The predicted octanol–water partition coefficient (Wildman–Crippen LogP) is 7.91. The van der Waals surface area contributed by atoms with E-state index >= 15 is 0 Å². The second-order valence-corrected chi connectivity index (χ2v) is 10.6. The summed E-state index contributed by atoms with van der Waals surface area (Å²) in [6.45, 7) is -0.692. The Balaban J connectivity index is 1.83. The van der Waals surface area contributed by atoms with Crippen LogP contribution < -0.4 is 0 Å². The van der Waals surface area contributed by atoms with E-state index in [0.29, 0.717) is 10.0 Å². The molecule has 1 heterocycles. The van der Waals surface area contributed by atoms with E-state index in [1.165, 1.54) is 30.3 Å². The Morgan fingerprint density at radius 2 is 1.22 bits per heavy atom. The molecule has 0 unspecified atom stereocenters. The van der Waals surface area contributed by atoms with E-state index in [-0.39, 0.29) is 52.4 Å². The molecule has 3 amide bonds. The number of carbonyl (C=O) groups excluding carboxylic acids is 4. The van der Waals surface area contributed by atoms with Gasteiger partial charge >= 0.3 is 0 Å². The number of fused-ring (bicyclic) bond motifs is 1. The van der Waals surface area contributed by atoms with Gasteiger partial charge in [0, 0.05) is 15.6 Å². The lowest BCUT2D eigenvalue weighted by atomic mass is 10.1. The fraction of sp³-hybridized carbons (Fsp3) is 0.0435. The molecule has 0 radical (unpaired) electrons. The van der Waals surface area contributed by atoms with Crippen molar-refractivity contribution in [1.82, 2.24) is 10.0 Å². The molecule has 0 aliphatic carbocycles. The third-order valence-corrected chi connectivity index (χ3v) is 8.25. The first-order chi connectivity index (χ1) is 16.9. The quantitative estimate of drug-likeness (QED) is 0.120. The van der Waals surface area contributed by atoms with E-state index in [2.05, 4.69) is 15.9 Å². The molecule has 3 aromatic rings. The van der Waals surface area contributed by atoms with E-state index in [1.54, 1.807) is 12.1 Å². The van der Waals surface area contributed by atoms with Crippen LogP contribution >= 0.6 is 85.5 Å². The van der Waals surface area contributed by atoms with Crippen molar-refractivity contribution in [2.45, 2.75) is 0 Å². The molecule has 1 aliphatic rings. The minimum absolute atomic E-state index is 0.0437. The molecule has 0 saturated heterocycles. The summed E-state index contributed by atoms with van der Waals surface area (Å²) in [7, 11) is 0. The first kappa shape index (κ1) is 27.2.